The van der Waals surface area contributed by atoms with Crippen molar-refractivity contribution in [3.63, 3.8) is 0 Å². The van der Waals surface area contributed by atoms with Crippen molar-refractivity contribution in [1.82, 2.24) is 5.32 Å². The highest BCUT2D eigenvalue weighted by atomic mass is 31.2. The van der Waals surface area contributed by atoms with Crippen molar-refractivity contribution < 1.29 is 59.0 Å². The van der Waals surface area contributed by atoms with Crippen LogP contribution in [0.3, 0.4) is 0 Å². The van der Waals surface area contributed by atoms with Crippen LogP contribution in [0.4, 0.5) is 0 Å². The van der Waals surface area contributed by atoms with Crippen molar-refractivity contribution in [3.8, 4) is 0 Å². The van der Waals surface area contributed by atoms with Gasteiger partial charge in [-0.2, -0.15) is 0 Å². The van der Waals surface area contributed by atoms with E-state index in [0.717, 1.165) is 57.8 Å². The van der Waals surface area contributed by atoms with Crippen LogP contribution in [0.5, 0.6) is 0 Å². The summed E-state index contributed by atoms with van der Waals surface area (Å²) >= 11 is 0. The minimum atomic E-state index is -5.16. The first kappa shape index (κ1) is 65.3. The van der Waals surface area contributed by atoms with Crippen LogP contribution in [0.2, 0.25) is 0 Å². The second kappa shape index (κ2) is 43.8. The van der Waals surface area contributed by atoms with E-state index in [1.54, 1.807) is 6.08 Å². The van der Waals surface area contributed by atoms with Gasteiger partial charge in [-0.3, -0.25) is 13.8 Å². The molecule has 1 aliphatic rings. The number of allylic oxidation sites excluding steroid dienone is 7. The number of aliphatic hydroxyl groups is 7. The fraction of sp³-hybridized carbons (Fsp3) is 0.836. The van der Waals surface area contributed by atoms with Gasteiger partial charge < -0.3 is 46.0 Å². The average molecular weight is 1000 g/mol. The molecule has 0 aromatic carbocycles. The molecule has 0 heterocycles. The van der Waals surface area contributed by atoms with E-state index < -0.39 is 75.2 Å². The first-order chi connectivity index (χ1) is 33.3. The Morgan fingerprint density at radius 1 is 0.536 bits per heavy atom. The molecule has 1 fully saturated rings. The third kappa shape index (κ3) is 35.1. The van der Waals surface area contributed by atoms with E-state index in [-0.39, 0.29) is 6.42 Å². The lowest BCUT2D eigenvalue weighted by Crippen LogP contribution is -2.64. The molecule has 0 aliphatic heterocycles. The van der Waals surface area contributed by atoms with Gasteiger partial charge in [-0.15, -0.1) is 0 Å². The summed E-state index contributed by atoms with van der Waals surface area (Å²) in [6.07, 6.45) is 40.5. The van der Waals surface area contributed by atoms with Crippen molar-refractivity contribution in [3.05, 3.63) is 48.6 Å². The van der Waals surface area contributed by atoms with Gasteiger partial charge in [0.25, 0.3) is 0 Å². The van der Waals surface area contributed by atoms with Gasteiger partial charge in [0.15, 0.2) is 0 Å². The number of hydrogen-bond donors (Lipinski definition) is 9. The number of rotatable bonds is 46. The highest BCUT2D eigenvalue weighted by Gasteiger charge is 2.51. The number of phosphoric ester groups is 1. The number of aliphatic hydroxyl groups excluding tert-OH is 7. The summed E-state index contributed by atoms with van der Waals surface area (Å²) in [5, 5.41) is 74.8. The van der Waals surface area contributed by atoms with Crippen LogP contribution in [0.1, 0.15) is 232 Å². The third-order valence-corrected chi connectivity index (χ3v) is 14.1. The molecule has 9 N–H and O–H groups in total. The number of carbonyl (C=O) groups is 1. The summed E-state index contributed by atoms with van der Waals surface area (Å²) in [5.41, 5.74) is 0. The maximum atomic E-state index is 13.1. The predicted octanol–water partition coefficient (Wildman–Crippen LogP) is 11.0. The summed E-state index contributed by atoms with van der Waals surface area (Å²) in [4.78, 5) is 23.6. The standard InChI is InChI=1S/C55H102NO12P/c1-3-5-7-9-11-13-15-17-19-21-23-25-27-29-31-33-35-37-39-41-43-48(58)47(45-67-69(65,66)68-55-53(63)51(61)50(60)52(62)54(55)64)56-49(59)44-46(57)42-40-38-36-34-32-30-28-26-24-22-20-18-16-14-12-10-8-6-4-2/h6,8,12,14,33,35,41,43,46-48,50-55,57-58,60-64H,3-5,7,9-11,13,15-32,34,36-40,42,44-45H2,1-2H3,(H,56,59)(H,65,66)/b8-6-,14-12-,35-33+,43-41+. The number of nitrogens with one attached hydrogen (secondary N) is 1. The van der Waals surface area contributed by atoms with Crippen molar-refractivity contribution in [2.24, 2.45) is 0 Å². The molecule has 0 bridgehead atoms. The van der Waals surface area contributed by atoms with Crippen molar-refractivity contribution in [2.45, 2.75) is 287 Å². The molecule has 1 rings (SSSR count). The van der Waals surface area contributed by atoms with Crippen molar-refractivity contribution in [1.29, 1.82) is 0 Å². The molecule has 1 saturated carbocycles. The summed E-state index contributed by atoms with van der Waals surface area (Å²) in [6, 6.07) is -1.26. The van der Waals surface area contributed by atoms with E-state index >= 15 is 0 Å². The fourth-order valence-corrected chi connectivity index (χ4v) is 9.67. The Kier molecular flexibility index (Phi) is 41.4. The van der Waals surface area contributed by atoms with E-state index in [9.17, 15) is 50.0 Å². The van der Waals surface area contributed by atoms with E-state index in [1.165, 1.54) is 147 Å². The molecule has 404 valence electrons. The molecule has 0 aromatic rings. The monoisotopic (exact) mass is 1000 g/mol. The second-order valence-electron chi connectivity index (χ2n) is 19.6. The summed E-state index contributed by atoms with van der Waals surface area (Å²) in [5.74, 6) is -0.602. The maximum Gasteiger partial charge on any atom is 0.472 e. The normalized spacial score (nSPS) is 22.3. The largest absolute Gasteiger partial charge is 0.472 e. The van der Waals surface area contributed by atoms with Gasteiger partial charge in [0.2, 0.25) is 5.91 Å². The number of carbonyl (C=O) groups excluding carboxylic acids is 1. The zero-order valence-corrected chi connectivity index (χ0v) is 44.1. The Bertz CT molecular complexity index is 1360. The fourth-order valence-electron chi connectivity index (χ4n) is 8.71. The van der Waals surface area contributed by atoms with Crippen LogP contribution in [-0.4, -0.2) is 108 Å². The lowest BCUT2D eigenvalue weighted by molar-refractivity contribution is -0.220. The molecule has 13 nitrogen and oxygen atoms in total. The van der Waals surface area contributed by atoms with Gasteiger partial charge in [0.05, 0.1) is 31.3 Å². The number of amides is 1. The van der Waals surface area contributed by atoms with E-state index in [2.05, 4.69) is 55.6 Å². The summed E-state index contributed by atoms with van der Waals surface area (Å²) in [6.45, 7) is 3.66. The molecule has 69 heavy (non-hydrogen) atoms. The maximum absolute atomic E-state index is 13.1. The highest BCUT2D eigenvalue weighted by Crippen LogP contribution is 2.47. The smallest absolute Gasteiger partial charge is 0.393 e. The van der Waals surface area contributed by atoms with Gasteiger partial charge in [-0.1, -0.05) is 217 Å². The van der Waals surface area contributed by atoms with Crippen molar-refractivity contribution in [2.75, 3.05) is 6.61 Å². The molecular weight excluding hydrogens is 898 g/mol. The zero-order valence-electron chi connectivity index (χ0n) is 43.2. The van der Waals surface area contributed by atoms with Gasteiger partial charge in [0.1, 0.15) is 36.6 Å². The van der Waals surface area contributed by atoms with Crippen LogP contribution >= 0.6 is 7.82 Å². The van der Waals surface area contributed by atoms with Crippen molar-refractivity contribution >= 4 is 13.7 Å². The van der Waals surface area contributed by atoms with E-state index in [4.69, 9.17) is 9.05 Å². The Labute approximate surface area is 419 Å². The topological polar surface area (TPSA) is 226 Å². The van der Waals surface area contributed by atoms with Crippen LogP contribution in [0.15, 0.2) is 48.6 Å². The second-order valence-corrected chi connectivity index (χ2v) is 21.0. The number of unbranched alkanes of at least 4 members (excludes halogenated alkanes) is 27. The molecule has 8 unspecified atom stereocenters. The molecule has 0 saturated heterocycles. The third-order valence-electron chi connectivity index (χ3n) is 13.1. The van der Waals surface area contributed by atoms with E-state index in [0.29, 0.717) is 12.8 Å². The van der Waals surface area contributed by atoms with Gasteiger partial charge in [0, 0.05) is 0 Å². The van der Waals surface area contributed by atoms with Crippen LogP contribution in [0, 0.1) is 0 Å². The Balaban J connectivity index is 2.46. The average Bonchev–Trinajstić information content (AvgIpc) is 3.32. The number of phosphoric acid groups is 1. The predicted molar refractivity (Wildman–Crippen MR) is 280 cm³/mol. The van der Waals surface area contributed by atoms with Gasteiger partial charge in [-0.05, 0) is 57.8 Å². The molecule has 8 atom stereocenters. The Morgan fingerprint density at radius 3 is 1.43 bits per heavy atom. The minimum Gasteiger partial charge on any atom is -0.393 e. The summed E-state index contributed by atoms with van der Waals surface area (Å²) in [7, 11) is -5.16. The molecule has 14 heteroatoms. The van der Waals surface area contributed by atoms with Gasteiger partial charge in [-0.25, -0.2) is 4.57 Å². The SMILES string of the molecule is CC/C=C\C/C=C\CCCCCCCCCCCCCCC(O)CC(=O)NC(COP(=O)(O)OC1C(O)C(O)C(O)C(O)C1O)C(O)/C=C/CC/C=C/CCCCCCCCCCCCCCCC. The Morgan fingerprint density at radius 2 is 0.942 bits per heavy atom. The minimum absolute atomic E-state index is 0.254. The molecular formula is C55H102NO12P. The van der Waals surface area contributed by atoms with Gasteiger partial charge >= 0.3 is 7.82 Å². The van der Waals surface area contributed by atoms with Crippen LogP contribution < -0.4 is 5.32 Å². The quantitative estimate of drug-likeness (QED) is 0.0158. The highest BCUT2D eigenvalue weighted by molar-refractivity contribution is 7.47. The molecule has 0 radical (unpaired) electrons. The molecule has 1 amide bonds. The van der Waals surface area contributed by atoms with Crippen LogP contribution in [0.25, 0.3) is 0 Å². The Hall–Kier alpha value is -1.74. The first-order valence-electron chi connectivity index (χ1n) is 27.7. The van der Waals surface area contributed by atoms with E-state index in [1.807, 2.05) is 0 Å². The first-order valence-corrected chi connectivity index (χ1v) is 29.2. The molecule has 1 aliphatic carbocycles. The lowest BCUT2D eigenvalue weighted by Gasteiger charge is -2.41. The molecule has 0 aromatic heterocycles. The number of hydrogen-bond acceptors (Lipinski definition) is 11. The lowest BCUT2D eigenvalue weighted by atomic mass is 9.85. The summed E-state index contributed by atoms with van der Waals surface area (Å²) < 4.78 is 23.0. The molecule has 0 spiro atoms. The zero-order chi connectivity index (χ0) is 50.8. The van der Waals surface area contributed by atoms with Crippen LogP contribution in [-0.2, 0) is 18.4 Å².